The molecule has 72 valence electrons. The van der Waals surface area contributed by atoms with Crippen LogP contribution in [-0.4, -0.2) is 27.1 Å². The third-order valence-electron chi connectivity index (χ3n) is 1.83. The van der Waals surface area contributed by atoms with Gasteiger partial charge in [0.25, 0.3) is 0 Å². The van der Waals surface area contributed by atoms with Crippen molar-refractivity contribution in [2.24, 2.45) is 0 Å². The molecule has 0 unspecified atom stereocenters. The second kappa shape index (κ2) is 3.18. The molecule has 6 nitrogen and oxygen atoms in total. The molecule has 1 aliphatic rings. The first-order valence-corrected chi connectivity index (χ1v) is 4.24. The number of hydrogen-bond donors (Lipinski definition) is 3. The van der Waals surface area contributed by atoms with Gasteiger partial charge in [-0.15, -0.1) is 0 Å². The van der Waals surface area contributed by atoms with Gasteiger partial charge in [-0.05, 0) is 18.3 Å². The average Bonchev–Trinajstić information content (AvgIpc) is 2.54. The number of rotatable bonds is 1. The Hall–Kier alpha value is -1.76. The van der Waals surface area contributed by atoms with Crippen LogP contribution >= 0.6 is 12.2 Å². The monoisotopic (exact) mass is 210 g/mol. The molecule has 0 saturated carbocycles. The van der Waals surface area contributed by atoms with Crippen LogP contribution in [0.15, 0.2) is 12.3 Å². The molecule has 0 radical (unpaired) electrons. The molecule has 1 aromatic heterocycles. The van der Waals surface area contributed by atoms with Gasteiger partial charge in [0.05, 0.1) is 5.69 Å². The van der Waals surface area contributed by atoms with Crippen LogP contribution < -0.4 is 10.6 Å². The smallest absolute Gasteiger partial charge is 0.244 e. The summed E-state index contributed by atoms with van der Waals surface area (Å²) in [5.74, 6) is -1.78. The van der Waals surface area contributed by atoms with E-state index in [0.29, 0.717) is 5.69 Å². The number of aromatic amines is 1. The SMILES string of the molecule is O=C1NC(=S)NC(=O)C1c1ccn[nH]1. The Kier molecular flexibility index (Phi) is 2.01. The number of thiocarbonyl (C=S) groups is 1. The Morgan fingerprint density at radius 3 is 2.43 bits per heavy atom. The Morgan fingerprint density at radius 1 is 1.29 bits per heavy atom. The van der Waals surface area contributed by atoms with Gasteiger partial charge in [0, 0.05) is 6.20 Å². The molecule has 7 heteroatoms. The fourth-order valence-corrected chi connectivity index (χ4v) is 1.43. The average molecular weight is 210 g/mol. The van der Waals surface area contributed by atoms with Crippen molar-refractivity contribution in [3.05, 3.63) is 18.0 Å². The van der Waals surface area contributed by atoms with Crippen LogP contribution in [0.4, 0.5) is 0 Å². The van der Waals surface area contributed by atoms with E-state index < -0.39 is 17.7 Å². The van der Waals surface area contributed by atoms with Crippen LogP contribution in [0, 0.1) is 0 Å². The molecule has 2 heterocycles. The summed E-state index contributed by atoms with van der Waals surface area (Å²) in [6, 6.07) is 1.57. The number of carbonyl (C=O) groups is 2. The van der Waals surface area contributed by atoms with E-state index in [-0.39, 0.29) is 5.11 Å². The zero-order valence-corrected chi connectivity index (χ0v) is 7.72. The van der Waals surface area contributed by atoms with Crippen LogP contribution in [0.1, 0.15) is 11.6 Å². The predicted molar refractivity (Wildman–Crippen MR) is 50.2 cm³/mol. The van der Waals surface area contributed by atoms with Crippen LogP contribution in [0.5, 0.6) is 0 Å². The normalized spacial score (nSPS) is 17.9. The quantitative estimate of drug-likeness (QED) is 0.411. The third kappa shape index (κ3) is 1.37. The molecule has 2 amide bonds. The number of aromatic nitrogens is 2. The largest absolute Gasteiger partial charge is 0.302 e. The minimum absolute atomic E-state index is 0.0377. The van der Waals surface area contributed by atoms with E-state index in [4.69, 9.17) is 0 Å². The van der Waals surface area contributed by atoms with Crippen molar-refractivity contribution in [1.82, 2.24) is 20.8 Å². The molecule has 0 aromatic carbocycles. The van der Waals surface area contributed by atoms with Crippen molar-refractivity contribution < 1.29 is 9.59 Å². The molecule has 14 heavy (non-hydrogen) atoms. The third-order valence-corrected chi connectivity index (χ3v) is 2.04. The highest BCUT2D eigenvalue weighted by Gasteiger charge is 2.34. The summed E-state index contributed by atoms with van der Waals surface area (Å²) in [7, 11) is 0. The molecule has 2 rings (SSSR count). The van der Waals surface area contributed by atoms with Gasteiger partial charge in [-0.3, -0.25) is 14.7 Å². The summed E-state index contributed by atoms with van der Waals surface area (Å²) in [5.41, 5.74) is 0.447. The molecule has 1 saturated heterocycles. The fraction of sp³-hybridized carbons (Fsp3) is 0.143. The summed E-state index contributed by atoms with van der Waals surface area (Å²) in [6.45, 7) is 0. The van der Waals surface area contributed by atoms with Crippen LogP contribution in [0.25, 0.3) is 0 Å². The first-order chi connectivity index (χ1) is 6.68. The van der Waals surface area contributed by atoms with Gasteiger partial charge in [0.2, 0.25) is 11.8 Å². The van der Waals surface area contributed by atoms with Crippen molar-refractivity contribution in [1.29, 1.82) is 0 Å². The number of nitrogens with zero attached hydrogens (tertiary/aromatic N) is 1. The van der Waals surface area contributed by atoms with Crippen LogP contribution in [0.2, 0.25) is 0 Å². The highest BCUT2D eigenvalue weighted by Crippen LogP contribution is 2.15. The zero-order valence-electron chi connectivity index (χ0n) is 6.90. The van der Waals surface area contributed by atoms with E-state index >= 15 is 0 Å². The number of H-pyrrole nitrogens is 1. The highest BCUT2D eigenvalue weighted by molar-refractivity contribution is 7.80. The van der Waals surface area contributed by atoms with Crippen molar-refractivity contribution >= 4 is 29.1 Å². The van der Waals surface area contributed by atoms with E-state index in [2.05, 4.69) is 33.0 Å². The Morgan fingerprint density at radius 2 is 1.93 bits per heavy atom. The van der Waals surface area contributed by atoms with Gasteiger partial charge in [0.15, 0.2) is 11.0 Å². The molecular weight excluding hydrogens is 204 g/mol. The maximum Gasteiger partial charge on any atom is 0.244 e. The lowest BCUT2D eigenvalue weighted by atomic mass is 10.0. The van der Waals surface area contributed by atoms with Gasteiger partial charge in [-0.1, -0.05) is 0 Å². The summed E-state index contributed by atoms with van der Waals surface area (Å²) in [5, 5.41) is 11.0. The van der Waals surface area contributed by atoms with Gasteiger partial charge in [-0.2, -0.15) is 5.10 Å². The number of amides is 2. The van der Waals surface area contributed by atoms with Gasteiger partial charge in [-0.25, -0.2) is 0 Å². The van der Waals surface area contributed by atoms with Crippen molar-refractivity contribution in [2.45, 2.75) is 5.92 Å². The van der Waals surface area contributed by atoms with E-state index in [9.17, 15) is 9.59 Å². The number of nitrogens with one attached hydrogen (secondary N) is 3. The molecule has 3 N–H and O–H groups in total. The van der Waals surface area contributed by atoms with Crippen molar-refractivity contribution in [3.8, 4) is 0 Å². The molecular formula is C7H6N4O2S. The topological polar surface area (TPSA) is 86.9 Å². The molecule has 0 atom stereocenters. The summed E-state index contributed by atoms with van der Waals surface area (Å²) in [4.78, 5) is 22.8. The summed E-state index contributed by atoms with van der Waals surface area (Å²) < 4.78 is 0. The lowest BCUT2D eigenvalue weighted by molar-refractivity contribution is -0.131. The van der Waals surface area contributed by atoms with E-state index in [1.54, 1.807) is 6.07 Å². The summed E-state index contributed by atoms with van der Waals surface area (Å²) >= 11 is 4.65. The lowest BCUT2D eigenvalue weighted by Gasteiger charge is -2.21. The second-order valence-electron chi connectivity index (χ2n) is 2.75. The number of hydrogen-bond acceptors (Lipinski definition) is 4. The predicted octanol–water partition coefficient (Wildman–Crippen LogP) is -0.976. The Balaban J connectivity index is 2.31. The minimum Gasteiger partial charge on any atom is -0.302 e. The van der Waals surface area contributed by atoms with Crippen molar-refractivity contribution in [2.75, 3.05) is 0 Å². The maximum atomic E-state index is 11.4. The van der Waals surface area contributed by atoms with Crippen LogP contribution in [0.3, 0.4) is 0 Å². The van der Waals surface area contributed by atoms with Gasteiger partial charge in [0.1, 0.15) is 0 Å². The first-order valence-electron chi connectivity index (χ1n) is 3.83. The first kappa shape index (κ1) is 8.82. The van der Waals surface area contributed by atoms with Gasteiger partial charge < -0.3 is 10.6 Å². The molecule has 0 bridgehead atoms. The second-order valence-corrected chi connectivity index (χ2v) is 3.16. The molecule has 1 fully saturated rings. The maximum absolute atomic E-state index is 11.4. The molecule has 0 spiro atoms. The molecule has 0 aliphatic carbocycles. The number of carbonyl (C=O) groups excluding carboxylic acids is 2. The zero-order chi connectivity index (χ0) is 10.1. The van der Waals surface area contributed by atoms with E-state index in [1.165, 1.54) is 6.20 Å². The van der Waals surface area contributed by atoms with Crippen molar-refractivity contribution in [3.63, 3.8) is 0 Å². The summed E-state index contributed by atoms with van der Waals surface area (Å²) in [6.07, 6.45) is 1.48. The minimum atomic E-state index is -0.899. The Bertz CT molecular complexity index is 380. The fourth-order valence-electron chi connectivity index (χ4n) is 1.23. The molecule has 1 aliphatic heterocycles. The van der Waals surface area contributed by atoms with E-state index in [0.717, 1.165) is 0 Å². The van der Waals surface area contributed by atoms with Gasteiger partial charge >= 0.3 is 0 Å². The lowest BCUT2D eigenvalue weighted by Crippen LogP contribution is -2.54. The Labute approximate surface area is 84.1 Å². The molecule has 1 aromatic rings. The standard InChI is InChI=1S/C7H6N4O2S/c12-5-4(3-1-2-8-11-3)6(13)10-7(14)9-5/h1-2,4H,(H,8,11)(H2,9,10,12,13,14). The van der Waals surface area contributed by atoms with E-state index in [1.807, 2.05) is 0 Å². The van der Waals surface area contributed by atoms with Crippen LogP contribution in [-0.2, 0) is 9.59 Å². The highest BCUT2D eigenvalue weighted by atomic mass is 32.1.